The first-order chi connectivity index (χ1) is 9.62. The zero-order chi connectivity index (χ0) is 14.2. The van der Waals surface area contributed by atoms with Crippen molar-refractivity contribution in [1.29, 1.82) is 0 Å². The Bertz CT molecular complexity index is 486. The van der Waals surface area contributed by atoms with Gasteiger partial charge in [0, 0.05) is 30.9 Å². The molecule has 1 fully saturated rings. The molecule has 1 aromatic rings. The molecule has 2 heterocycles. The van der Waals surface area contributed by atoms with Crippen molar-refractivity contribution in [3.05, 3.63) is 29.3 Å². The van der Waals surface area contributed by atoms with Crippen molar-refractivity contribution in [3.8, 4) is 5.75 Å². The molecule has 0 radical (unpaired) electrons. The summed E-state index contributed by atoms with van der Waals surface area (Å²) in [7, 11) is 0. The molecule has 1 saturated heterocycles. The van der Waals surface area contributed by atoms with Crippen molar-refractivity contribution in [1.82, 2.24) is 0 Å². The molecule has 1 spiro atoms. The van der Waals surface area contributed by atoms with Gasteiger partial charge in [-0.2, -0.15) is 0 Å². The molecule has 2 N–H and O–H groups in total. The number of benzene rings is 1. The Morgan fingerprint density at radius 3 is 3.00 bits per heavy atom. The van der Waals surface area contributed by atoms with E-state index in [0.717, 1.165) is 50.0 Å². The summed E-state index contributed by atoms with van der Waals surface area (Å²) in [6.45, 7) is 5.10. The van der Waals surface area contributed by atoms with E-state index in [1.165, 1.54) is 5.56 Å². The largest absolute Gasteiger partial charge is 0.487 e. The third-order valence-corrected chi connectivity index (χ3v) is 4.60. The molecule has 0 amide bonds. The molecule has 20 heavy (non-hydrogen) atoms. The number of hydrogen-bond acceptors (Lipinski definition) is 3. The Morgan fingerprint density at radius 2 is 2.20 bits per heavy atom. The van der Waals surface area contributed by atoms with Crippen LogP contribution in [0.4, 0.5) is 0 Å². The molecule has 3 atom stereocenters. The lowest BCUT2D eigenvalue weighted by atomic mass is 9.79. The standard InChI is InChI=1S/C17H25NO2/c1-3-4-13-10-17(7-8-19-13)11-15(18)14-9-12(2)5-6-16(14)20-17/h5-6,9,13,15H,3-4,7-8,10-11,18H2,1-2H3/t13?,15-,17?/m1/s1. The summed E-state index contributed by atoms with van der Waals surface area (Å²) in [5, 5.41) is 0. The number of hydrogen-bond donors (Lipinski definition) is 1. The number of ether oxygens (including phenoxy) is 2. The van der Waals surface area contributed by atoms with Crippen LogP contribution in [-0.4, -0.2) is 18.3 Å². The topological polar surface area (TPSA) is 44.5 Å². The highest BCUT2D eigenvalue weighted by atomic mass is 16.5. The number of aryl methyl sites for hydroxylation is 1. The van der Waals surface area contributed by atoms with Gasteiger partial charge in [-0.25, -0.2) is 0 Å². The van der Waals surface area contributed by atoms with Gasteiger partial charge in [0.15, 0.2) is 0 Å². The van der Waals surface area contributed by atoms with Gasteiger partial charge in [0.05, 0.1) is 12.7 Å². The molecule has 3 heteroatoms. The van der Waals surface area contributed by atoms with Crippen molar-refractivity contribution in [2.45, 2.75) is 63.7 Å². The van der Waals surface area contributed by atoms with Crippen LogP contribution in [0, 0.1) is 6.92 Å². The van der Waals surface area contributed by atoms with Crippen LogP contribution in [0.25, 0.3) is 0 Å². The number of rotatable bonds is 2. The van der Waals surface area contributed by atoms with E-state index in [1.54, 1.807) is 0 Å². The van der Waals surface area contributed by atoms with Crippen molar-refractivity contribution in [2.75, 3.05) is 6.61 Å². The molecule has 0 aliphatic carbocycles. The van der Waals surface area contributed by atoms with E-state index in [1.807, 2.05) is 0 Å². The van der Waals surface area contributed by atoms with Gasteiger partial charge < -0.3 is 15.2 Å². The molecular weight excluding hydrogens is 250 g/mol. The van der Waals surface area contributed by atoms with Crippen LogP contribution >= 0.6 is 0 Å². The average Bonchev–Trinajstić information content (AvgIpc) is 2.40. The lowest BCUT2D eigenvalue weighted by Crippen LogP contribution is -2.49. The smallest absolute Gasteiger partial charge is 0.124 e. The summed E-state index contributed by atoms with van der Waals surface area (Å²) in [6, 6.07) is 6.43. The molecule has 2 aliphatic heterocycles. The Kier molecular flexibility index (Phi) is 3.74. The average molecular weight is 275 g/mol. The van der Waals surface area contributed by atoms with Crippen LogP contribution < -0.4 is 10.5 Å². The van der Waals surface area contributed by atoms with Gasteiger partial charge in [-0.3, -0.25) is 0 Å². The Labute approximate surface area is 121 Å². The van der Waals surface area contributed by atoms with E-state index in [4.69, 9.17) is 15.2 Å². The fraction of sp³-hybridized carbons (Fsp3) is 0.647. The Hall–Kier alpha value is -1.06. The van der Waals surface area contributed by atoms with E-state index >= 15 is 0 Å². The fourth-order valence-electron chi connectivity index (χ4n) is 3.61. The summed E-state index contributed by atoms with van der Waals surface area (Å²) in [5.41, 5.74) is 8.71. The predicted molar refractivity (Wildman–Crippen MR) is 80.0 cm³/mol. The molecule has 3 nitrogen and oxygen atoms in total. The third-order valence-electron chi connectivity index (χ3n) is 4.60. The molecule has 3 rings (SSSR count). The molecule has 110 valence electrons. The summed E-state index contributed by atoms with van der Waals surface area (Å²) in [5.74, 6) is 0.978. The first kappa shape index (κ1) is 13.9. The minimum atomic E-state index is -0.111. The second-order valence-corrected chi connectivity index (χ2v) is 6.37. The zero-order valence-corrected chi connectivity index (χ0v) is 12.5. The van der Waals surface area contributed by atoms with Crippen molar-refractivity contribution in [3.63, 3.8) is 0 Å². The van der Waals surface area contributed by atoms with Crippen molar-refractivity contribution < 1.29 is 9.47 Å². The first-order valence-electron chi connectivity index (χ1n) is 7.79. The highest BCUT2D eigenvalue weighted by Gasteiger charge is 2.43. The van der Waals surface area contributed by atoms with Gasteiger partial charge >= 0.3 is 0 Å². The van der Waals surface area contributed by atoms with Gasteiger partial charge in [-0.1, -0.05) is 31.0 Å². The zero-order valence-electron chi connectivity index (χ0n) is 12.5. The van der Waals surface area contributed by atoms with Gasteiger partial charge in [0.25, 0.3) is 0 Å². The number of nitrogens with two attached hydrogens (primary N) is 1. The molecule has 2 aliphatic rings. The second-order valence-electron chi connectivity index (χ2n) is 6.37. The van der Waals surface area contributed by atoms with E-state index in [2.05, 4.69) is 32.0 Å². The lowest BCUT2D eigenvalue weighted by molar-refractivity contribution is -0.103. The Morgan fingerprint density at radius 1 is 1.35 bits per heavy atom. The van der Waals surface area contributed by atoms with Gasteiger partial charge in [-0.05, 0) is 19.4 Å². The fourth-order valence-corrected chi connectivity index (χ4v) is 3.61. The lowest BCUT2D eigenvalue weighted by Gasteiger charge is -2.46. The van der Waals surface area contributed by atoms with E-state index < -0.39 is 0 Å². The van der Waals surface area contributed by atoms with Crippen LogP contribution in [0.1, 0.15) is 56.2 Å². The van der Waals surface area contributed by atoms with Crippen LogP contribution in [-0.2, 0) is 4.74 Å². The maximum atomic E-state index is 6.42. The quantitative estimate of drug-likeness (QED) is 0.898. The van der Waals surface area contributed by atoms with Gasteiger partial charge in [0.1, 0.15) is 11.4 Å². The minimum absolute atomic E-state index is 0.0824. The summed E-state index contributed by atoms with van der Waals surface area (Å²) >= 11 is 0. The normalized spacial score (nSPS) is 32.8. The van der Waals surface area contributed by atoms with E-state index in [9.17, 15) is 0 Å². The maximum Gasteiger partial charge on any atom is 0.124 e. The third kappa shape index (κ3) is 2.57. The van der Waals surface area contributed by atoms with Crippen molar-refractivity contribution in [2.24, 2.45) is 5.73 Å². The molecule has 0 saturated carbocycles. The summed E-state index contributed by atoms with van der Waals surface area (Å²) < 4.78 is 12.3. The second kappa shape index (κ2) is 5.38. The molecule has 2 unspecified atom stereocenters. The van der Waals surface area contributed by atoms with Crippen LogP contribution in [0.3, 0.4) is 0 Å². The SMILES string of the molecule is CCCC1CC2(CCO1)C[C@@H](N)c1cc(C)ccc1O2. The molecule has 1 aromatic carbocycles. The minimum Gasteiger partial charge on any atom is -0.487 e. The van der Waals surface area contributed by atoms with Gasteiger partial charge in [0.2, 0.25) is 0 Å². The summed E-state index contributed by atoms with van der Waals surface area (Å²) in [4.78, 5) is 0. The number of fused-ring (bicyclic) bond motifs is 1. The molecular formula is C17H25NO2. The predicted octanol–water partition coefficient (Wildman–Crippen LogP) is 3.50. The highest BCUT2D eigenvalue weighted by molar-refractivity contribution is 5.41. The van der Waals surface area contributed by atoms with Gasteiger partial charge in [-0.15, -0.1) is 0 Å². The maximum absolute atomic E-state index is 6.42. The first-order valence-corrected chi connectivity index (χ1v) is 7.79. The summed E-state index contributed by atoms with van der Waals surface area (Å²) in [6.07, 6.45) is 5.43. The van der Waals surface area contributed by atoms with Crippen molar-refractivity contribution >= 4 is 0 Å². The molecule has 0 aromatic heterocycles. The van der Waals surface area contributed by atoms with Crippen LogP contribution in [0.15, 0.2) is 18.2 Å². The van der Waals surface area contributed by atoms with E-state index in [-0.39, 0.29) is 11.6 Å². The highest BCUT2D eigenvalue weighted by Crippen LogP contribution is 2.44. The van der Waals surface area contributed by atoms with Crippen LogP contribution in [0.2, 0.25) is 0 Å². The monoisotopic (exact) mass is 275 g/mol. The molecule has 0 bridgehead atoms. The Balaban J connectivity index is 1.84. The van der Waals surface area contributed by atoms with E-state index in [0.29, 0.717) is 6.10 Å². The van der Waals surface area contributed by atoms with Crippen LogP contribution in [0.5, 0.6) is 5.75 Å².